The molecule has 0 saturated carbocycles. The van der Waals surface area contributed by atoms with Crippen LogP contribution in [0.4, 0.5) is 25.8 Å². The topological polar surface area (TPSA) is 73.0 Å². The predicted octanol–water partition coefficient (Wildman–Crippen LogP) is 4.73. The van der Waals surface area contributed by atoms with E-state index in [1.165, 1.54) is 18.3 Å². The Balaban J connectivity index is 1.44. The SMILES string of the molecule is OCc1cc(Nc2cc(F)c(NCCc3c[nH]c4ccccc34)c(F)c2)ccn1. The molecule has 0 fully saturated rings. The number of para-hydroxylation sites is 1. The number of hydrogen-bond donors (Lipinski definition) is 4. The summed E-state index contributed by atoms with van der Waals surface area (Å²) in [6.45, 7) is 0.185. The first kappa shape index (κ1) is 18.9. The monoisotopic (exact) mass is 394 g/mol. The Morgan fingerprint density at radius 3 is 2.59 bits per heavy atom. The second-order valence-corrected chi connectivity index (χ2v) is 6.67. The van der Waals surface area contributed by atoms with E-state index in [1.54, 1.807) is 12.1 Å². The van der Waals surface area contributed by atoms with Crippen LogP contribution in [0.2, 0.25) is 0 Å². The van der Waals surface area contributed by atoms with Gasteiger partial charge in [-0.15, -0.1) is 0 Å². The molecule has 0 aliphatic rings. The number of anilines is 3. The van der Waals surface area contributed by atoms with Gasteiger partial charge in [0.1, 0.15) is 5.69 Å². The van der Waals surface area contributed by atoms with Crippen molar-refractivity contribution in [3.63, 3.8) is 0 Å². The largest absolute Gasteiger partial charge is 0.390 e. The average molecular weight is 394 g/mol. The quantitative estimate of drug-likeness (QED) is 0.366. The third-order valence-corrected chi connectivity index (χ3v) is 4.68. The molecule has 0 unspecified atom stereocenters. The Morgan fingerprint density at radius 2 is 1.79 bits per heavy atom. The smallest absolute Gasteiger partial charge is 0.151 e. The Labute approximate surface area is 166 Å². The highest BCUT2D eigenvalue weighted by Crippen LogP contribution is 2.26. The lowest BCUT2D eigenvalue weighted by atomic mass is 10.1. The predicted molar refractivity (Wildman–Crippen MR) is 110 cm³/mol. The third-order valence-electron chi connectivity index (χ3n) is 4.68. The van der Waals surface area contributed by atoms with Crippen LogP contribution in [0.25, 0.3) is 10.9 Å². The van der Waals surface area contributed by atoms with E-state index < -0.39 is 11.6 Å². The maximum Gasteiger partial charge on any atom is 0.151 e. The highest BCUT2D eigenvalue weighted by atomic mass is 19.1. The van der Waals surface area contributed by atoms with Crippen molar-refractivity contribution in [3.05, 3.63) is 83.8 Å². The summed E-state index contributed by atoms with van der Waals surface area (Å²) in [6.07, 6.45) is 4.06. The Bertz CT molecular complexity index is 1120. The van der Waals surface area contributed by atoms with Crippen LogP contribution in [-0.2, 0) is 13.0 Å². The van der Waals surface area contributed by atoms with Crippen molar-refractivity contribution in [1.29, 1.82) is 0 Å². The zero-order valence-electron chi connectivity index (χ0n) is 15.5. The Morgan fingerprint density at radius 1 is 1.00 bits per heavy atom. The maximum atomic E-state index is 14.5. The summed E-state index contributed by atoms with van der Waals surface area (Å²) < 4.78 is 29.0. The molecule has 0 aliphatic carbocycles. The summed E-state index contributed by atoms with van der Waals surface area (Å²) >= 11 is 0. The van der Waals surface area contributed by atoms with E-state index in [2.05, 4.69) is 20.6 Å². The summed E-state index contributed by atoms with van der Waals surface area (Å²) in [4.78, 5) is 7.17. The van der Waals surface area contributed by atoms with Gasteiger partial charge in [0, 0.05) is 41.2 Å². The van der Waals surface area contributed by atoms with Gasteiger partial charge in [0.05, 0.1) is 12.3 Å². The molecule has 148 valence electrons. The highest BCUT2D eigenvalue weighted by molar-refractivity contribution is 5.83. The molecule has 4 aromatic rings. The van der Waals surface area contributed by atoms with Crippen LogP contribution in [0.1, 0.15) is 11.3 Å². The molecule has 0 atom stereocenters. The van der Waals surface area contributed by atoms with Gasteiger partial charge in [0.15, 0.2) is 11.6 Å². The molecule has 29 heavy (non-hydrogen) atoms. The number of aromatic nitrogens is 2. The summed E-state index contributed by atoms with van der Waals surface area (Å²) in [5.41, 5.74) is 3.30. The molecule has 5 nitrogen and oxygen atoms in total. The van der Waals surface area contributed by atoms with Crippen molar-refractivity contribution in [2.45, 2.75) is 13.0 Å². The van der Waals surface area contributed by atoms with Gasteiger partial charge in [-0.3, -0.25) is 4.98 Å². The van der Waals surface area contributed by atoms with Gasteiger partial charge in [-0.05, 0) is 42.3 Å². The third kappa shape index (κ3) is 4.20. The molecular formula is C22H20F2N4O. The molecule has 2 aromatic carbocycles. The molecule has 4 N–H and O–H groups in total. The molecule has 0 saturated heterocycles. The molecule has 4 rings (SSSR count). The number of aliphatic hydroxyl groups excluding tert-OH is 1. The zero-order chi connectivity index (χ0) is 20.2. The Hall–Kier alpha value is -3.45. The minimum atomic E-state index is -0.678. The van der Waals surface area contributed by atoms with Gasteiger partial charge in [-0.25, -0.2) is 8.78 Å². The number of benzene rings is 2. The first-order valence-electron chi connectivity index (χ1n) is 9.25. The average Bonchev–Trinajstić information content (AvgIpc) is 3.13. The number of fused-ring (bicyclic) bond motifs is 1. The zero-order valence-corrected chi connectivity index (χ0v) is 15.5. The first-order chi connectivity index (χ1) is 14.1. The molecule has 0 aliphatic heterocycles. The van der Waals surface area contributed by atoms with Crippen LogP contribution in [0.3, 0.4) is 0 Å². The van der Waals surface area contributed by atoms with E-state index in [9.17, 15) is 8.78 Å². The number of H-pyrrole nitrogens is 1. The number of halogens is 2. The lowest BCUT2D eigenvalue weighted by molar-refractivity contribution is 0.277. The van der Waals surface area contributed by atoms with E-state index in [4.69, 9.17) is 5.11 Å². The molecule has 0 spiro atoms. The standard InChI is InChI=1S/C22H20F2N4O/c23-19-10-16(28-15-6-8-25-17(9-15)13-29)11-20(24)22(19)26-7-5-14-12-27-21-4-2-1-3-18(14)21/h1-4,6,8-12,26-27,29H,5,7,13H2,(H,25,28). The van der Waals surface area contributed by atoms with Crippen LogP contribution >= 0.6 is 0 Å². The molecule has 2 aromatic heterocycles. The first-order valence-corrected chi connectivity index (χ1v) is 9.25. The number of nitrogens with one attached hydrogen (secondary N) is 3. The minimum Gasteiger partial charge on any atom is -0.390 e. The van der Waals surface area contributed by atoms with Crippen molar-refractivity contribution < 1.29 is 13.9 Å². The van der Waals surface area contributed by atoms with Crippen LogP contribution < -0.4 is 10.6 Å². The van der Waals surface area contributed by atoms with Gasteiger partial charge in [-0.2, -0.15) is 0 Å². The number of rotatable bonds is 7. The van der Waals surface area contributed by atoms with Gasteiger partial charge in [-0.1, -0.05) is 18.2 Å². The fourth-order valence-electron chi connectivity index (χ4n) is 3.28. The maximum absolute atomic E-state index is 14.5. The molecule has 0 radical (unpaired) electrons. The van der Waals surface area contributed by atoms with E-state index in [0.717, 1.165) is 16.5 Å². The lowest BCUT2D eigenvalue weighted by Gasteiger charge is -2.12. The summed E-state index contributed by atoms with van der Waals surface area (Å²) in [6, 6.07) is 13.7. The number of hydrogen-bond acceptors (Lipinski definition) is 4. The van der Waals surface area contributed by atoms with E-state index in [1.807, 2.05) is 30.5 Å². The van der Waals surface area contributed by atoms with Crippen molar-refractivity contribution in [1.82, 2.24) is 9.97 Å². The number of nitrogens with zero attached hydrogens (tertiary/aromatic N) is 1. The molecule has 2 heterocycles. The fraction of sp³-hybridized carbons (Fsp3) is 0.136. The van der Waals surface area contributed by atoms with Crippen molar-refractivity contribution in [2.24, 2.45) is 0 Å². The fourth-order valence-corrected chi connectivity index (χ4v) is 3.28. The summed E-state index contributed by atoms with van der Waals surface area (Å²) in [5.74, 6) is -1.36. The van der Waals surface area contributed by atoms with Gasteiger partial charge >= 0.3 is 0 Å². The number of aromatic amines is 1. The molecule has 7 heteroatoms. The van der Waals surface area contributed by atoms with Gasteiger partial charge < -0.3 is 20.7 Å². The van der Waals surface area contributed by atoms with E-state index in [0.29, 0.717) is 24.3 Å². The van der Waals surface area contributed by atoms with Crippen LogP contribution in [0.5, 0.6) is 0 Å². The van der Waals surface area contributed by atoms with E-state index in [-0.39, 0.29) is 18.0 Å². The van der Waals surface area contributed by atoms with Crippen molar-refractivity contribution in [2.75, 3.05) is 17.2 Å². The summed E-state index contributed by atoms with van der Waals surface area (Å²) in [7, 11) is 0. The molecule has 0 bridgehead atoms. The van der Waals surface area contributed by atoms with Crippen LogP contribution in [0, 0.1) is 11.6 Å². The minimum absolute atomic E-state index is 0.152. The van der Waals surface area contributed by atoms with Crippen LogP contribution in [0.15, 0.2) is 60.9 Å². The summed E-state index contributed by atoms with van der Waals surface area (Å²) in [5, 5.41) is 16.0. The highest BCUT2D eigenvalue weighted by Gasteiger charge is 2.12. The van der Waals surface area contributed by atoms with Crippen molar-refractivity contribution in [3.8, 4) is 0 Å². The number of pyridine rings is 1. The molecular weight excluding hydrogens is 374 g/mol. The van der Waals surface area contributed by atoms with Crippen LogP contribution in [-0.4, -0.2) is 21.6 Å². The van der Waals surface area contributed by atoms with Gasteiger partial charge in [0.2, 0.25) is 0 Å². The van der Waals surface area contributed by atoms with Gasteiger partial charge in [0.25, 0.3) is 0 Å². The van der Waals surface area contributed by atoms with E-state index >= 15 is 0 Å². The normalized spacial score (nSPS) is 11.0. The second kappa shape index (κ2) is 8.28. The number of aliphatic hydroxyl groups is 1. The molecule has 0 amide bonds. The Kier molecular flexibility index (Phi) is 5.39. The lowest BCUT2D eigenvalue weighted by Crippen LogP contribution is -2.08. The van der Waals surface area contributed by atoms with Crippen molar-refractivity contribution >= 4 is 28.0 Å². The second-order valence-electron chi connectivity index (χ2n) is 6.67.